The molecule has 4 aromatic rings. The molecule has 2 aromatic heterocycles. The van der Waals surface area contributed by atoms with Crippen molar-refractivity contribution in [3.8, 4) is 16.9 Å². The third kappa shape index (κ3) is 3.94. The van der Waals surface area contributed by atoms with Gasteiger partial charge in [-0.15, -0.1) is 11.3 Å². The molecule has 0 aliphatic rings. The first-order chi connectivity index (χ1) is 14.5. The first-order valence-electron chi connectivity index (χ1n) is 9.13. The zero-order valence-corrected chi connectivity index (χ0v) is 17.9. The van der Waals surface area contributed by atoms with Crippen LogP contribution in [0.5, 0.6) is 5.75 Å². The molecule has 0 saturated carbocycles. The van der Waals surface area contributed by atoms with Crippen molar-refractivity contribution in [1.82, 2.24) is 9.55 Å². The van der Waals surface area contributed by atoms with Crippen LogP contribution < -0.4 is 15.6 Å². The second kappa shape index (κ2) is 8.30. The minimum Gasteiger partial charge on any atom is -0.495 e. The van der Waals surface area contributed by atoms with Gasteiger partial charge in [0, 0.05) is 16.6 Å². The molecule has 0 radical (unpaired) electrons. The van der Waals surface area contributed by atoms with E-state index in [0.29, 0.717) is 26.7 Å². The Morgan fingerprint density at radius 1 is 1.23 bits per heavy atom. The molecule has 8 heteroatoms. The average Bonchev–Trinajstić information content (AvgIpc) is 3.16. The molecule has 0 atom stereocenters. The smallest absolute Gasteiger partial charge is 0.263 e. The fourth-order valence-electron chi connectivity index (χ4n) is 3.13. The van der Waals surface area contributed by atoms with E-state index >= 15 is 0 Å². The van der Waals surface area contributed by atoms with Gasteiger partial charge < -0.3 is 10.1 Å². The lowest BCUT2D eigenvalue weighted by Crippen LogP contribution is -2.27. The Bertz CT molecular complexity index is 1300. The molecule has 0 spiro atoms. The van der Waals surface area contributed by atoms with Gasteiger partial charge in [-0.3, -0.25) is 14.2 Å². The summed E-state index contributed by atoms with van der Waals surface area (Å²) >= 11 is 7.51. The molecule has 0 bridgehead atoms. The molecule has 0 aliphatic heterocycles. The molecule has 0 fully saturated rings. The van der Waals surface area contributed by atoms with Crippen molar-refractivity contribution in [1.29, 1.82) is 0 Å². The van der Waals surface area contributed by atoms with Gasteiger partial charge in [0.2, 0.25) is 5.91 Å². The SMILES string of the molecule is COc1ccc(NC(=O)Cn2cnc3scc(-c4ccc(C)cc4)c3c2=O)cc1Cl. The molecule has 1 N–H and O–H groups in total. The van der Waals surface area contributed by atoms with Crippen LogP contribution in [-0.2, 0) is 11.3 Å². The number of carbonyl (C=O) groups is 1. The van der Waals surface area contributed by atoms with Crippen molar-refractivity contribution in [2.45, 2.75) is 13.5 Å². The lowest BCUT2D eigenvalue weighted by atomic mass is 10.1. The van der Waals surface area contributed by atoms with Crippen LogP contribution >= 0.6 is 22.9 Å². The number of nitrogens with zero attached hydrogens (tertiary/aromatic N) is 2. The van der Waals surface area contributed by atoms with E-state index in [-0.39, 0.29) is 18.0 Å². The number of rotatable bonds is 5. The summed E-state index contributed by atoms with van der Waals surface area (Å²) in [6.07, 6.45) is 1.40. The van der Waals surface area contributed by atoms with Crippen LogP contribution in [0.3, 0.4) is 0 Å². The van der Waals surface area contributed by atoms with E-state index in [2.05, 4.69) is 10.3 Å². The van der Waals surface area contributed by atoms with Gasteiger partial charge in [0.05, 0.1) is 23.8 Å². The number of amides is 1. The minimum absolute atomic E-state index is 0.158. The molecule has 0 aliphatic carbocycles. The van der Waals surface area contributed by atoms with Crippen molar-refractivity contribution >= 4 is 44.7 Å². The van der Waals surface area contributed by atoms with Crippen molar-refractivity contribution in [2.24, 2.45) is 0 Å². The van der Waals surface area contributed by atoms with Gasteiger partial charge in [-0.1, -0.05) is 41.4 Å². The number of hydrogen-bond donors (Lipinski definition) is 1. The normalized spacial score (nSPS) is 10.9. The Kier molecular flexibility index (Phi) is 5.57. The summed E-state index contributed by atoms with van der Waals surface area (Å²) in [7, 11) is 1.52. The van der Waals surface area contributed by atoms with E-state index in [0.717, 1.165) is 16.7 Å². The summed E-state index contributed by atoms with van der Waals surface area (Å²) in [5, 5.41) is 5.57. The summed E-state index contributed by atoms with van der Waals surface area (Å²) in [5.74, 6) is 0.160. The van der Waals surface area contributed by atoms with Crippen molar-refractivity contribution in [2.75, 3.05) is 12.4 Å². The zero-order valence-electron chi connectivity index (χ0n) is 16.3. The summed E-state index contributed by atoms with van der Waals surface area (Å²) in [6.45, 7) is 1.85. The molecule has 2 heterocycles. The molecular weight excluding hydrogens is 422 g/mol. The third-order valence-electron chi connectivity index (χ3n) is 4.67. The van der Waals surface area contributed by atoms with E-state index in [1.807, 2.05) is 36.6 Å². The van der Waals surface area contributed by atoms with Crippen LogP contribution in [0.4, 0.5) is 5.69 Å². The fraction of sp³-hybridized carbons (Fsp3) is 0.136. The highest BCUT2D eigenvalue weighted by atomic mass is 35.5. The molecule has 0 unspecified atom stereocenters. The van der Waals surface area contributed by atoms with Crippen LogP contribution in [0.15, 0.2) is 59.0 Å². The lowest BCUT2D eigenvalue weighted by molar-refractivity contribution is -0.116. The first kappa shape index (κ1) is 20.1. The second-order valence-corrected chi connectivity index (χ2v) is 8.04. The Labute approximate surface area is 181 Å². The lowest BCUT2D eigenvalue weighted by Gasteiger charge is -2.09. The summed E-state index contributed by atoms with van der Waals surface area (Å²) < 4.78 is 6.42. The van der Waals surface area contributed by atoms with E-state index < -0.39 is 0 Å². The van der Waals surface area contributed by atoms with E-state index in [1.165, 1.54) is 29.3 Å². The number of thiophene rings is 1. The van der Waals surface area contributed by atoms with Crippen molar-refractivity contribution < 1.29 is 9.53 Å². The number of fused-ring (bicyclic) bond motifs is 1. The number of nitrogens with one attached hydrogen (secondary N) is 1. The number of ether oxygens (including phenoxy) is 1. The van der Waals surface area contributed by atoms with Crippen LogP contribution in [0.2, 0.25) is 5.02 Å². The molecular formula is C22H18ClN3O3S. The highest BCUT2D eigenvalue weighted by molar-refractivity contribution is 7.17. The Balaban J connectivity index is 1.61. The predicted molar refractivity (Wildman–Crippen MR) is 121 cm³/mol. The number of anilines is 1. The van der Waals surface area contributed by atoms with Gasteiger partial charge >= 0.3 is 0 Å². The number of aryl methyl sites for hydroxylation is 1. The van der Waals surface area contributed by atoms with Gasteiger partial charge in [0.25, 0.3) is 5.56 Å². The van der Waals surface area contributed by atoms with Crippen molar-refractivity contribution in [3.63, 3.8) is 0 Å². The van der Waals surface area contributed by atoms with Gasteiger partial charge in [-0.25, -0.2) is 4.98 Å². The predicted octanol–water partition coefficient (Wildman–Crippen LogP) is 4.73. The minimum atomic E-state index is -0.355. The molecule has 0 saturated heterocycles. The van der Waals surface area contributed by atoms with E-state index in [1.54, 1.807) is 18.2 Å². The zero-order chi connectivity index (χ0) is 21.3. The number of methoxy groups -OCH3 is 1. The fourth-order valence-corrected chi connectivity index (χ4v) is 4.29. The monoisotopic (exact) mass is 439 g/mol. The number of halogens is 1. The van der Waals surface area contributed by atoms with Gasteiger partial charge in [-0.2, -0.15) is 0 Å². The number of hydrogen-bond acceptors (Lipinski definition) is 5. The summed E-state index contributed by atoms with van der Waals surface area (Å²) in [5.41, 5.74) is 3.18. The molecule has 1 amide bonds. The molecule has 30 heavy (non-hydrogen) atoms. The van der Waals surface area contributed by atoms with Gasteiger partial charge in [0.15, 0.2) is 0 Å². The number of aromatic nitrogens is 2. The largest absolute Gasteiger partial charge is 0.495 e. The Morgan fingerprint density at radius 2 is 2.00 bits per heavy atom. The summed E-state index contributed by atoms with van der Waals surface area (Å²) in [6, 6.07) is 12.9. The number of carbonyl (C=O) groups excluding carboxylic acids is 1. The third-order valence-corrected chi connectivity index (χ3v) is 5.85. The van der Waals surface area contributed by atoms with Gasteiger partial charge in [0.1, 0.15) is 17.1 Å². The molecule has 152 valence electrons. The first-order valence-corrected chi connectivity index (χ1v) is 10.4. The quantitative estimate of drug-likeness (QED) is 0.487. The number of benzene rings is 2. The second-order valence-electron chi connectivity index (χ2n) is 6.77. The highest BCUT2D eigenvalue weighted by Crippen LogP contribution is 2.31. The Morgan fingerprint density at radius 3 is 2.70 bits per heavy atom. The standard InChI is InChI=1S/C22H18ClN3O3S/c1-13-3-5-14(6-4-13)16-11-30-21-20(16)22(28)26(12-24-21)10-19(27)25-15-7-8-18(29-2)17(23)9-15/h3-9,11-12H,10H2,1-2H3,(H,25,27). The molecule has 6 nitrogen and oxygen atoms in total. The van der Waals surface area contributed by atoms with E-state index in [4.69, 9.17) is 16.3 Å². The van der Waals surface area contributed by atoms with E-state index in [9.17, 15) is 9.59 Å². The maximum Gasteiger partial charge on any atom is 0.263 e. The van der Waals surface area contributed by atoms with Gasteiger partial charge in [-0.05, 0) is 30.7 Å². The highest BCUT2D eigenvalue weighted by Gasteiger charge is 2.15. The molecule has 2 aromatic carbocycles. The maximum atomic E-state index is 13.1. The Hall–Kier alpha value is -3.16. The van der Waals surface area contributed by atoms with Crippen LogP contribution in [0.1, 0.15) is 5.56 Å². The van der Waals surface area contributed by atoms with Crippen LogP contribution in [0.25, 0.3) is 21.3 Å². The average molecular weight is 440 g/mol. The maximum absolute atomic E-state index is 13.1. The summed E-state index contributed by atoms with van der Waals surface area (Å²) in [4.78, 5) is 30.6. The topological polar surface area (TPSA) is 73.2 Å². The molecule has 4 rings (SSSR count). The van der Waals surface area contributed by atoms with Crippen LogP contribution in [-0.4, -0.2) is 22.6 Å². The van der Waals surface area contributed by atoms with Crippen LogP contribution in [0, 0.1) is 6.92 Å². The van der Waals surface area contributed by atoms with Crippen molar-refractivity contribution in [3.05, 3.63) is 75.1 Å².